The molecule has 0 bridgehead atoms. The molecule has 27 heavy (non-hydrogen) atoms. The highest BCUT2D eigenvalue weighted by atomic mass is 35.5. The van der Waals surface area contributed by atoms with Crippen LogP contribution in [0.25, 0.3) is 0 Å². The molecule has 0 spiro atoms. The van der Waals surface area contributed by atoms with Crippen molar-refractivity contribution in [3.05, 3.63) is 34.9 Å². The standard InChI is InChI=1S/C19H30ClN5O2/c1-3-21-19(24-14-15(2)25-10-12-27-13-11-25)23-9-8-22-18(26)16-4-6-17(20)7-5-16/h4-7,15H,3,8-14H2,1-2H3,(H,22,26)(H2,21,23,24). The molecule has 1 saturated heterocycles. The lowest BCUT2D eigenvalue weighted by atomic mass is 10.2. The molecule has 3 N–H and O–H groups in total. The lowest BCUT2D eigenvalue weighted by molar-refractivity contribution is 0.0220. The van der Waals surface area contributed by atoms with Crippen molar-refractivity contribution >= 4 is 23.5 Å². The molecule has 0 radical (unpaired) electrons. The van der Waals surface area contributed by atoms with Crippen molar-refractivity contribution in [2.75, 3.05) is 52.5 Å². The Kier molecular flexibility index (Phi) is 9.38. The second-order valence-electron chi connectivity index (χ2n) is 6.41. The fraction of sp³-hybridized carbons (Fsp3) is 0.579. The van der Waals surface area contributed by atoms with Gasteiger partial charge in [-0.2, -0.15) is 0 Å². The SMILES string of the molecule is CCNC(=NCC(C)N1CCOCC1)NCCNC(=O)c1ccc(Cl)cc1. The molecule has 150 valence electrons. The molecule has 1 aliphatic heterocycles. The molecule has 1 heterocycles. The number of amides is 1. The molecule has 1 aromatic carbocycles. The maximum atomic E-state index is 12.1. The van der Waals surface area contributed by atoms with Gasteiger partial charge in [-0.1, -0.05) is 11.6 Å². The molecule has 1 aromatic rings. The third kappa shape index (κ3) is 7.74. The summed E-state index contributed by atoms with van der Waals surface area (Å²) in [5, 5.41) is 9.99. The van der Waals surface area contributed by atoms with Gasteiger partial charge in [-0.15, -0.1) is 0 Å². The zero-order chi connectivity index (χ0) is 19.5. The zero-order valence-corrected chi connectivity index (χ0v) is 16.9. The summed E-state index contributed by atoms with van der Waals surface area (Å²) in [4.78, 5) is 19.1. The number of guanidine groups is 1. The fourth-order valence-electron chi connectivity index (χ4n) is 2.76. The summed E-state index contributed by atoms with van der Waals surface area (Å²) in [7, 11) is 0. The fourth-order valence-corrected chi connectivity index (χ4v) is 2.89. The Bertz CT molecular complexity index is 603. The molecule has 0 saturated carbocycles. The lowest BCUT2D eigenvalue weighted by Gasteiger charge is -2.31. The Morgan fingerprint density at radius 2 is 1.85 bits per heavy atom. The van der Waals surface area contributed by atoms with E-state index in [1.807, 2.05) is 6.92 Å². The molecule has 1 atom stereocenters. The van der Waals surface area contributed by atoms with E-state index in [4.69, 9.17) is 16.3 Å². The maximum absolute atomic E-state index is 12.1. The third-order valence-electron chi connectivity index (χ3n) is 4.34. The number of rotatable bonds is 8. The number of ether oxygens (including phenoxy) is 1. The highest BCUT2D eigenvalue weighted by Gasteiger charge is 2.16. The van der Waals surface area contributed by atoms with Gasteiger partial charge in [0, 0.05) is 49.4 Å². The van der Waals surface area contributed by atoms with Crippen LogP contribution in [0.2, 0.25) is 5.02 Å². The number of hydrogen-bond donors (Lipinski definition) is 3. The van der Waals surface area contributed by atoms with E-state index in [-0.39, 0.29) is 5.91 Å². The van der Waals surface area contributed by atoms with E-state index in [0.29, 0.717) is 36.3 Å². The Morgan fingerprint density at radius 1 is 1.19 bits per heavy atom. The summed E-state index contributed by atoms with van der Waals surface area (Å²) >= 11 is 5.84. The van der Waals surface area contributed by atoms with Crippen molar-refractivity contribution in [2.45, 2.75) is 19.9 Å². The monoisotopic (exact) mass is 395 g/mol. The average Bonchev–Trinajstić information content (AvgIpc) is 2.70. The minimum absolute atomic E-state index is 0.114. The third-order valence-corrected chi connectivity index (χ3v) is 4.59. The molecule has 7 nitrogen and oxygen atoms in total. The number of carbonyl (C=O) groups is 1. The lowest BCUT2D eigenvalue weighted by Crippen LogP contribution is -2.45. The van der Waals surface area contributed by atoms with Crippen molar-refractivity contribution in [2.24, 2.45) is 4.99 Å². The largest absolute Gasteiger partial charge is 0.379 e. The van der Waals surface area contributed by atoms with Crippen LogP contribution in [0.5, 0.6) is 0 Å². The number of hydrogen-bond acceptors (Lipinski definition) is 4. The number of halogens is 1. The maximum Gasteiger partial charge on any atom is 0.251 e. The molecule has 0 aliphatic carbocycles. The van der Waals surface area contributed by atoms with Crippen LogP contribution in [-0.4, -0.2) is 75.3 Å². The van der Waals surface area contributed by atoms with Gasteiger partial charge in [-0.05, 0) is 38.1 Å². The van der Waals surface area contributed by atoms with E-state index in [1.165, 1.54) is 0 Å². The topological polar surface area (TPSA) is 78.0 Å². The van der Waals surface area contributed by atoms with Crippen LogP contribution < -0.4 is 16.0 Å². The van der Waals surface area contributed by atoms with Gasteiger partial charge in [0.2, 0.25) is 0 Å². The van der Waals surface area contributed by atoms with Crippen LogP contribution in [0.1, 0.15) is 24.2 Å². The van der Waals surface area contributed by atoms with E-state index < -0.39 is 0 Å². The predicted octanol–water partition coefficient (Wildman–Crippen LogP) is 1.35. The van der Waals surface area contributed by atoms with Crippen molar-refractivity contribution in [3.8, 4) is 0 Å². The summed E-state index contributed by atoms with van der Waals surface area (Å²) in [6.07, 6.45) is 0. The normalized spacial score (nSPS) is 16.6. The predicted molar refractivity (Wildman–Crippen MR) is 110 cm³/mol. The van der Waals surface area contributed by atoms with Crippen molar-refractivity contribution < 1.29 is 9.53 Å². The highest BCUT2D eigenvalue weighted by molar-refractivity contribution is 6.30. The average molecular weight is 396 g/mol. The molecular formula is C19H30ClN5O2. The molecule has 1 fully saturated rings. The van der Waals surface area contributed by atoms with Crippen molar-refractivity contribution in [1.29, 1.82) is 0 Å². The molecule has 1 unspecified atom stereocenters. The summed E-state index contributed by atoms with van der Waals surface area (Å²) < 4.78 is 5.39. The minimum Gasteiger partial charge on any atom is -0.379 e. The van der Waals surface area contributed by atoms with E-state index in [1.54, 1.807) is 24.3 Å². The molecule has 1 amide bonds. The summed E-state index contributed by atoms with van der Waals surface area (Å²) in [6.45, 7) is 10.3. The zero-order valence-electron chi connectivity index (χ0n) is 16.1. The van der Waals surface area contributed by atoms with Gasteiger partial charge in [0.15, 0.2) is 5.96 Å². The quantitative estimate of drug-likeness (QED) is 0.352. The van der Waals surface area contributed by atoms with Gasteiger partial charge in [0.25, 0.3) is 5.91 Å². The Balaban J connectivity index is 1.72. The van der Waals surface area contributed by atoms with E-state index in [9.17, 15) is 4.79 Å². The summed E-state index contributed by atoms with van der Waals surface area (Å²) in [6, 6.07) is 7.21. The van der Waals surface area contributed by atoms with Gasteiger partial charge in [-0.25, -0.2) is 0 Å². The van der Waals surface area contributed by atoms with Crippen LogP contribution in [0.4, 0.5) is 0 Å². The summed E-state index contributed by atoms with van der Waals surface area (Å²) in [5.74, 6) is 0.648. The summed E-state index contributed by atoms with van der Waals surface area (Å²) in [5.41, 5.74) is 0.597. The number of nitrogens with one attached hydrogen (secondary N) is 3. The molecule has 0 aromatic heterocycles. The second kappa shape index (κ2) is 11.8. The van der Waals surface area contributed by atoms with Crippen molar-refractivity contribution in [1.82, 2.24) is 20.9 Å². The van der Waals surface area contributed by atoms with Crippen LogP contribution in [0.15, 0.2) is 29.3 Å². The molecular weight excluding hydrogens is 366 g/mol. The number of aliphatic imine (C=N–C) groups is 1. The Morgan fingerprint density at radius 3 is 2.52 bits per heavy atom. The van der Waals surface area contributed by atoms with E-state index in [0.717, 1.165) is 38.8 Å². The van der Waals surface area contributed by atoms with Gasteiger partial charge < -0.3 is 20.7 Å². The van der Waals surface area contributed by atoms with Crippen molar-refractivity contribution in [3.63, 3.8) is 0 Å². The van der Waals surface area contributed by atoms with Crippen LogP contribution in [0.3, 0.4) is 0 Å². The first-order chi connectivity index (χ1) is 13.1. The molecule has 2 rings (SSSR count). The number of benzene rings is 1. The first-order valence-corrected chi connectivity index (χ1v) is 9.85. The number of morpholine rings is 1. The molecule has 8 heteroatoms. The first kappa shape index (κ1) is 21.5. The Hall–Kier alpha value is -1.83. The number of carbonyl (C=O) groups excluding carboxylic acids is 1. The Labute approximate surface area is 166 Å². The molecule has 1 aliphatic rings. The van der Waals surface area contributed by atoms with E-state index in [2.05, 4.69) is 32.8 Å². The second-order valence-corrected chi connectivity index (χ2v) is 6.84. The van der Waals surface area contributed by atoms with Gasteiger partial charge >= 0.3 is 0 Å². The van der Waals surface area contributed by atoms with Gasteiger partial charge in [0.05, 0.1) is 19.8 Å². The number of nitrogens with zero attached hydrogens (tertiary/aromatic N) is 2. The first-order valence-electron chi connectivity index (χ1n) is 9.48. The van der Waals surface area contributed by atoms with E-state index >= 15 is 0 Å². The highest BCUT2D eigenvalue weighted by Crippen LogP contribution is 2.09. The van der Waals surface area contributed by atoms with Crippen LogP contribution in [-0.2, 0) is 4.74 Å². The van der Waals surface area contributed by atoms with Gasteiger partial charge in [-0.3, -0.25) is 14.7 Å². The smallest absolute Gasteiger partial charge is 0.251 e. The van der Waals surface area contributed by atoms with Crippen LogP contribution >= 0.6 is 11.6 Å². The minimum atomic E-state index is -0.114. The van der Waals surface area contributed by atoms with Gasteiger partial charge in [0.1, 0.15) is 0 Å². The van der Waals surface area contributed by atoms with Crippen LogP contribution in [0, 0.1) is 0 Å².